The van der Waals surface area contributed by atoms with Crippen molar-refractivity contribution in [3.63, 3.8) is 0 Å². The second kappa shape index (κ2) is 3.87. The molecule has 1 aliphatic rings. The second-order valence-electron chi connectivity index (χ2n) is 1.87. The fourth-order valence-electron chi connectivity index (χ4n) is 0.589. The van der Waals surface area contributed by atoms with Crippen LogP contribution in [0.3, 0.4) is 0 Å². The summed E-state index contributed by atoms with van der Waals surface area (Å²) in [4.78, 5) is 14.0. The molecule has 0 spiro atoms. The molecule has 11 heavy (non-hydrogen) atoms. The van der Waals surface area contributed by atoms with E-state index in [0.717, 1.165) is 11.5 Å². The Morgan fingerprint density at radius 3 is 2.55 bits per heavy atom. The number of nitrogens with two attached hydrogens (primary N) is 1. The number of rotatable bonds is 1. The van der Waals surface area contributed by atoms with Crippen molar-refractivity contribution < 1.29 is 9.90 Å². The van der Waals surface area contributed by atoms with Crippen LogP contribution in [0.4, 0.5) is 0 Å². The summed E-state index contributed by atoms with van der Waals surface area (Å²) < 4.78 is -0.00824. The highest BCUT2D eigenvalue weighted by molar-refractivity contribution is 8.20. The summed E-state index contributed by atoms with van der Waals surface area (Å²) in [6, 6.07) is 0. The average Bonchev–Trinajstić information content (AvgIpc) is 2.39. The van der Waals surface area contributed by atoms with Gasteiger partial charge in [-0.25, -0.2) is 9.79 Å². The molecular formula is C5H8N2O2S2. The molecule has 0 atom stereocenters. The lowest BCUT2D eigenvalue weighted by Crippen LogP contribution is -2.24. The number of carboxylic acid groups (broad SMARTS) is 1. The van der Waals surface area contributed by atoms with E-state index < -0.39 is 5.97 Å². The highest BCUT2D eigenvalue weighted by atomic mass is 32.2. The number of nitrogens with zero attached hydrogens (tertiary/aromatic N) is 1. The highest BCUT2D eigenvalue weighted by Gasteiger charge is 2.16. The van der Waals surface area contributed by atoms with E-state index in [4.69, 9.17) is 10.8 Å². The van der Waals surface area contributed by atoms with Crippen molar-refractivity contribution in [3.8, 4) is 0 Å². The van der Waals surface area contributed by atoms with Crippen LogP contribution in [0.5, 0.6) is 0 Å². The van der Waals surface area contributed by atoms with Gasteiger partial charge in [0.2, 0.25) is 5.84 Å². The zero-order valence-electron chi connectivity index (χ0n) is 5.69. The third-order valence-corrected chi connectivity index (χ3v) is 3.80. The molecule has 3 N–H and O–H groups in total. The molecule has 6 heteroatoms. The lowest BCUT2D eigenvalue weighted by Gasteiger charge is -1.99. The maximum absolute atomic E-state index is 10.2. The number of carbonyl (C=O) groups is 1. The number of amidine groups is 1. The van der Waals surface area contributed by atoms with Crippen molar-refractivity contribution >= 4 is 35.3 Å². The topological polar surface area (TPSA) is 75.7 Å². The Labute approximate surface area is 72.6 Å². The van der Waals surface area contributed by atoms with Gasteiger partial charge in [-0.1, -0.05) is 0 Å². The summed E-state index contributed by atoms with van der Waals surface area (Å²) in [5.74, 6) is 0.604. The normalized spacial score (nSPS) is 20.5. The Kier molecular flexibility index (Phi) is 3.07. The third kappa shape index (κ3) is 2.63. The number of aliphatic carboxylic acids is 1. The monoisotopic (exact) mass is 192 g/mol. The van der Waals surface area contributed by atoms with E-state index in [2.05, 4.69) is 4.99 Å². The third-order valence-electron chi connectivity index (χ3n) is 1.07. The fraction of sp³-hybridized carbons (Fsp3) is 0.600. The predicted octanol–water partition coefficient (Wildman–Crippen LogP) is 0.192. The molecule has 0 aliphatic carbocycles. The molecule has 0 aromatic rings. The fourth-order valence-corrected chi connectivity index (χ4v) is 3.10. The summed E-state index contributed by atoms with van der Waals surface area (Å²) in [6.45, 7) is 0. The second-order valence-corrected chi connectivity index (χ2v) is 4.54. The molecule has 1 aliphatic heterocycles. The quantitative estimate of drug-likeness (QED) is 0.458. The van der Waals surface area contributed by atoms with Gasteiger partial charge in [-0.05, 0) is 0 Å². The first kappa shape index (κ1) is 8.73. The molecule has 1 heterocycles. The number of aliphatic imine (C=N–C) groups is 1. The molecule has 4 nitrogen and oxygen atoms in total. The van der Waals surface area contributed by atoms with E-state index in [1.807, 2.05) is 0 Å². The van der Waals surface area contributed by atoms with E-state index >= 15 is 0 Å². The Bertz CT molecular complexity index is 189. The molecular weight excluding hydrogens is 184 g/mol. The van der Waals surface area contributed by atoms with E-state index in [9.17, 15) is 4.79 Å². The van der Waals surface area contributed by atoms with Gasteiger partial charge in [0.1, 0.15) is 4.71 Å². The van der Waals surface area contributed by atoms with Crippen molar-refractivity contribution in [1.29, 1.82) is 0 Å². The van der Waals surface area contributed by atoms with Crippen molar-refractivity contribution in [1.82, 2.24) is 0 Å². The first-order chi connectivity index (χ1) is 5.20. The van der Waals surface area contributed by atoms with Crippen molar-refractivity contribution in [3.05, 3.63) is 0 Å². The first-order valence-electron chi connectivity index (χ1n) is 3.00. The minimum Gasteiger partial charge on any atom is -0.475 e. The van der Waals surface area contributed by atoms with Gasteiger partial charge in [-0.3, -0.25) is 0 Å². The minimum atomic E-state index is -1.14. The minimum absolute atomic E-state index is 0.00824. The molecule has 0 aromatic heterocycles. The van der Waals surface area contributed by atoms with E-state index in [1.54, 1.807) is 23.5 Å². The average molecular weight is 192 g/mol. The summed E-state index contributed by atoms with van der Waals surface area (Å²) in [5.41, 5.74) is 5.12. The summed E-state index contributed by atoms with van der Waals surface area (Å²) in [7, 11) is 0. The molecule has 1 saturated heterocycles. The van der Waals surface area contributed by atoms with Gasteiger partial charge in [0.25, 0.3) is 0 Å². The van der Waals surface area contributed by atoms with Gasteiger partial charge in [0, 0.05) is 11.5 Å². The molecule has 0 saturated carbocycles. The lowest BCUT2D eigenvalue weighted by atomic mass is 10.6. The van der Waals surface area contributed by atoms with Gasteiger partial charge >= 0.3 is 5.97 Å². The predicted molar refractivity (Wildman–Crippen MR) is 48.0 cm³/mol. The van der Waals surface area contributed by atoms with E-state index in [-0.39, 0.29) is 10.5 Å². The Morgan fingerprint density at radius 1 is 1.55 bits per heavy atom. The van der Waals surface area contributed by atoms with Crippen LogP contribution in [0.2, 0.25) is 0 Å². The van der Waals surface area contributed by atoms with Gasteiger partial charge < -0.3 is 10.8 Å². The largest absolute Gasteiger partial charge is 0.475 e. The van der Waals surface area contributed by atoms with Crippen LogP contribution in [-0.2, 0) is 4.79 Å². The van der Waals surface area contributed by atoms with Crippen LogP contribution >= 0.6 is 23.5 Å². The summed E-state index contributed by atoms with van der Waals surface area (Å²) >= 11 is 3.24. The number of thioether (sulfide) groups is 2. The lowest BCUT2D eigenvalue weighted by molar-refractivity contribution is -0.129. The van der Waals surface area contributed by atoms with Crippen LogP contribution in [0.15, 0.2) is 4.99 Å². The van der Waals surface area contributed by atoms with Gasteiger partial charge in [-0.2, -0.15) is 0 Å². The molecule has 62 valence electrons. The Balaban J connectivity index is 2.49. The van der Waals surface area contributed by atoms with Crippen LogP contribution in [0.1, 0.15) is 0 Å². The van der Waals surface area contributed by atoms with Crippen LogP contribution in [0, 0.1) is 0 Å². The Morgan fingerprint density at radius 2 is 2.09 bits per heavy atom. The van der Waals surface area contributed by atoms with Crippen molar-refractivity contribution in [2.45, 2.75) is 4.71 Å². The molecule has 1 fully saturated rings. The SMILES string of the molecule is NC(=NC1SCCS1)C(=O)O. The standard InChI is InChI=1S/C5H8N2O2S2/c6-3(4(8)9)7-5-10-1-2-11-5/h5H,1-2H2,(H2,6,7)(H,8,9). The maximum atomic E-state index is 10.2. The molecule has 1 rings (SSSR count). The van der Waals surface area contributed by atoms with Gasteiger partial charge in [-0.15, -0.1) is 23.5 Å². The number of hydrogen-bond acceptors (Lipinski definition) is 4. The molecule has 0 bridgehead atoms. The highest BCUT2D eigenvalue weighted by Crippen LogP contribution is 2.32. The van der Waals surface area contributed by atoms with Crippen molar-refractivity contribution in [2.24, 2.45) is 10.7 Å². The Hall–Kier alpha value is -0.360. The van der Waals surface area contributed by atoms with Crippen LogP contribution in [0.25, 0.3) is 0 Å². The van der Waals surface area contributed by atoms with Gasteiger partial charge in [0.05, 0.1) is 0 Å². The molecule has 0 unspecified atom stereocenters. The zero-order chi connectivity index (χ0) is 8.27. The van der Waals surface area contributed by atoms with E-state index in [0.29, 0.717) is 0 Å². The van der Waals surface area contributed by atoms with E-state index in [1.165, 1.54) is 0 Å². The van der Waals surface area contributed by atoms with Crippen molar-refractivity contribution in [2.75, 3.05) is 11.5 Å². The number of hydrogen-bond donors (Lipinski definition) is 2. The maximum Gasteiger partial charge on any atom is 0.371 e. The summed E-state index contributed by atoms with van der Waals surface area (Å²) in [6.07, 6.45) is 0. The van der Waals surface area contributed by atoms with Crippen LogP contribution < -0.4 is 5.73 Å². The summed E-state index contributed by atoms with van der Waals surface area (Å²) in [5, 5.41) is 8.37. The van der Waals surface area contributed by atoms with Crippen LogP contribution in [-0.4, -0.2) is 33.1 Å². The molecule has 0 aromatic carbocycles. The first-order valence-corrected chi connectivity index (χ1v) is 5.09. The molecule has 0 amide bonds. The number of carboxylic acids is 1. The molecule has 0 radical (unpaired) electrons. The smallest absolute Gasteiger partial charge is 0.371 e. The van der Waals surface area contributed by atoms with Gasteiger partial charge in [0.15, 0.2) is 0 Å². The zero-order valence-corrected chi connectivity index (χ0v) is 7.32.